The lowest BCUT2D eigenvalue weighted by molar-refractivity contribution is 0.183. The van der Waals surface area contributed by atoms with Crippen LogP contribution in [0.25, 0.3) is 0 Å². The maximum absolute atomic E-state index is 6.66. The molecule has 1 heterocycles. The quantitative estimate of drug-likeness (QED) is 0.874. The highest BCUT2D eigenvalue weighted by molar-refractivity contribution is 5.30. The zero-order chi connectivity index (χ0) is 12.3. The van der Waals surface area contributed by atoms with Crippen molar-refractivity contribution >= 4 is 0 Å². The summed E-state index contributed by atoms with van der Waals surface area (Å²) in [7, 11) is 1.67. The van der Waals surface area contributed by atoms with Crippen LogP contribution in [0, 0.1) is 5.92 Å². The van der Waals surface area contributed by atoms with Crippen LogP contribution in [-0.4, -0.2) is 12.1 Å². The van der Waals surface area contributed by atoms with Gasteiger partial charge >= 0.3 is 0 Å². The SMILES string of the molecule is CCC1CCCCC1(N)c1cncc(OC)c1. The normalized spacial score (nSPS) is 29.0. The number of hydrogen-bond acceptors (Lipinski definition) is 3. The molecular weight excluding hydrogens is 212 g/mol. The number of methoxy groups -OCH3 is 1. The second kappa shape index (κ2) is 5.05. The number of hydrogen-bond donors (Lipinski definition) is 1. The van der Waals surface area contributed by atoms with E-state index in [0.717, 1.165) is 24.2 Å². The van der Waals surface area contributed by atoms with Crippen molar-refractivity contribution in [2.24, 2.45) is 11.7 Å². The number of rotatable bonds is 3. The molecule has 1 aromatic rings. The van der Waals surface area contributed by atoms with E-state index >= 15 is 0 Å². The van der Waals surface area contributed by atoms with E-state index in [4.69, 9.17) is 10.5 Å². The molecule has 0 spiro atoms. The maximum Gasteiger partial charge on any atom is 0.137 e. The Morgan fingerprint density at radius 2 is 2.29 bits per heavy atom. The van der Waals surface area contributed by atoms with E-state index in [2.05, 4.69) is 11.9 Å². The molecule has 1 fully saturated rings. The van der Waals surface area contributed by atoms with Gasteiger partial charge in [-0.05, 0) is 30.4 Å². The summed E-state index contributed by atoms with van der Waals surface area (Å²) in [4.78, 5) is 4.24. The highest BCUT2D eigenvalue weighted by Crippen LogP contribution is 2.41. The molecule has 0 radical (unpaired) electrons. The lowest BCUT2D eigenvalue weighted by Gasteiger charge is -2.41. The Kier molecular flexibility index (Phi) is 3.67. The molecule has 1 aromatic heterocycles. The summed E-state index contributed by atoms with van der Waals surface area (Å²) in [5.74, 6) is 1.36. The van der Waals surface area contributed by atoms with Crippen molar-refractivity contribution < 1.29 is 4.74 Å². The van der Waals surface area contributed by atoms with Crippen molar-refractivity contribution in [2.75, 3.05) is 7.11 Å². The fourth-order valence-corrected chi connectivity index (χ4v) is 3.00. The van der Waals surface area contributed by atoms with Crippen LogP contribution in [0.4, 0.5) is 0 Å². The van der Waals surface area contributed by atoms with Crippen LogP contribution >= 0.6 is 0 Å². The summed E-state index contributed by atoms with van der Waals surface area (Å²) in [5, 5.41) is 0. The van der Waals surface area contributed by atoms with E-state index in [1.54, 1.807) is 13.3 Å². The Morgan fingerprint density at radius 3 is 3.00 bits per heavy atom. The number of nitrogens with zero attached hydrogens (tertiary/aromatic N) is 1. The highest BCUT2D eigenvalue weighted by Gasteiger charge is 2.37. The first-order valence-corrected chi connectivity index (χ1v) is 6.49. The average Bonchev–Trinajstić information content (AvgIpc) is 2.39. The zero-order valence-electron chi connectivity index (χ0n) is 10.8. The van der Waals surface area contributed by atoms with Gasteiger partial charge in [0.15, 0.2) is 0 Å². The molecule has 1 aliphatic rings. The second-order valence-corrected chi connectivity index (χ2v) is 5.00. The van der Waals surface area contributed by atoms with Gasteiger partial charge in [0.05, 0.1) is 13.3 Å². The van der Waals surface area contributed by atoms with E-state index in [9.17, 15) is 0 Å². The summed E-state index contributed by atoms with van der Waals surface area (Å²) < 4.78 is 5.24. The molecule has 1 saturated carbocycles. The molecule has 94 valence electrons. The van der Waals surface area contributed by atoms with E-state index in [-0.39, 0.29) is 5.54 Å². The van der Waals surface area contributed by atoms with Gasteiger partial charge < -0.3 is 10.5 Å². The molecule has 0 aromatic carbocycles. The first-order chi connectivity index (χ1) is 8.20. The van der Waals surface area contributed by atoms with Gasteiger partial charge in [0.25, 0.3) is 0 Å². The van der Waals surface area contributed by atoms with Gasteiger partial charge in [0, 0.05) is 11.7 Å². The van der Waals surface area contributed by atoms with Crippen molar-refractivity contribution in [3.63, 3.8) is 0 Å². The fourth-order valence-electron chi connectivity index (χ4n) is 3.00. The first kappa shape index (κ1) is 12.4. The van der Waals surface area contributed by atoms with Gasteiger partial charge in [0.2, 0.25) is 0 Å². The Morgan fingerprint density at radius 1 is 1.47 bits per heavy atom. The molecule has 17 heavy (non-hydrogen) atoms. The van der Waals surface area contributed by atoms with Gasteiger partial charge in [-0.15, -0.1) is 0 Å². The van der Waals surface area contributed by atoms with Crippen LogP contribution in [0.1, 0.15) is 44.6 Å². The molecule has 3 nitrogen and oxygen atoms in total. The number of nitrogens with two attached hydrogens (primary N) is 1. The number of aromatic nitrogens is 1. The minimum absolute atomic E-state index is 0.214. The summed E-state index contributed by atoms with van der Waals surface area (Å²) in [5.41, 5.74) is 7.58. The molecular formula is C14H22N2O. The van der Waals surface area contributed by atoms with Crippen LogP contribution in [-0.2, 0) is 5.54 Å². The fraction of sp³-hybridized carbons (Fsp3) is 0.643. The predicted octanol–water partition coefficient (Wildman–Crippen LogP) is 2.84. The molecule has 2 rings (SSSR count). The third kappa shape index (κ3) is 2.29. The minimum atomic E-state index is -0.214. The van der Waals surface area contributed by atoms with Gasteiger partial charge in [-0.1, -0.05) is 26.2 Å². The third-order valence-corrected chi connectivity index (χ3v) is 4.10. The lowest BCUT2D eigenvalue weighted by Crippen LogP contribution is -2.46. The Bertz CT molecular complexity index is 380. The van der Waals surface area contributed by atoms with Gasteiger partial charge in [-0.2, -0.15) is 0 Å². The Hall–Kier alpha value is -1.09. The summed E-state index contributed by atoms with van der Waals surface area (Å²) in [6, 6.07) is 2.04. The molecule has 0 bridgehead atoms. The summed E-state index contributed by atoms with van der Waals surface area (Å²) in [6.45, 7) is 2.23. The van der Waals surface area contributed by atoms with Crippen molar-refractivity contribution in [3.05, 3.63) is 24.0 Å². The Labute approximate surface area is 103 Å². The van der Waals surface area contributed by atoms with Gasteiger partial charge in [0.1, 0.15) is 5.75 Å². The van der Waals surface area contributed by atoms with Crippen LogP contribution in [0.15, 0.2) is 18.5 Å². The van der Waals surface area contributed by atoms with Crippen LogP contribution in [0.5, 0.6) is 5.75 Å². The second-order valence-electron chi connectivity index (χ2n) is 5.00. The first-order valence-electron chi connectivity index (χ1n) is 6.49. The molecule has 2 unspecified atom stereocenters. The number of ether oxygens (including phenoxy) is 1. The molecule has 1 aliphatic carbocycles. The van der Waals surface area contributed by atoms with Crippen molar-refractivity contribution in [1.82, 2.24) is 4.98 Å². The number of pyridine rings is 1. The summed E-state index contributed by atoms with van der Waals surface area (Å²) >= 11 is 0. The molecule has 0 amide bonds. The van der Waals surface area contributed by atoms with Crippen LogP contribution < -0.4 is 10.5 Å². The standard InChI is InChI=1S/C14H22N2O/c1-3-11-6-4-5-7-14(11,15)12-8-13(17-2)10-16-9-12/h8-11H,3-7,15H2,1-2H3. The van der Waals surface area contributed by atoms with E-state index in [0.29, 0.717) is 5.92 Å². The lowest BCUT2D eigenvalue weighted by atomic mass is 9.69. The van der Waals surface area contributed by atoms with E-state index < -0.39 is 0 Å². The summed E-state index contributed by atoms with van der Waals surface area (Å²) in [6.07, 6.45) is 9.56. The topological polar surface area (TPSA) is 48.1 Å². The van der Waals surface area contributed by atoms with Crippen molar-refractivity contribution in [1.29, 1.82) is 0 Å². The smallest absolute Gasteiger partial charge is 0.137 e. The van der Waals surface area contributed by atoms with Crippen LogP contribution in [0.3, 0.4) is 0 Å². The van der Waals surface area contributed by atoms with E-state index in [1.807, 2.05) is 12.3 Å². The highest BCUT2D eigenvalue weighted by atomic mass is 16.5. The monoisotopic (exact) mass is 234 g/mol. The molecule has 0 saturated heterocycles. The van der Waals surface area contributed by atoms with Crippen molar-refractivity contribution in [3.8, 4) is 5.75 Å². The maximum atomic E-state index is 6.66. The predicted molar refractivity (Wildman–Crippen MR) is 68.9 cm³/mol. The molecule has 2 N–H and O–H groups in total. The average molecular weight is 234 g/mol. The third-order valence-electron chi connectivity index (χ3n) is 4.10. The largest absolute Gasteiger partial charge is 0.495 e. The zero-order valence-corrected chi connectivity index (χ0v) is 10.8. The molecule has 0 aliphatic heterocycles. The van der Waals surface area contributed by atoms with Gasteiger partial charge in [-0.25, -0.2) is 0 Å². The van der Waals surface area contributed by atoms with E-state index in [1.165, 1.54) is 19.3 Å². The van der Waals surface area contributed by atoms with Crippen LogP contribution in [0.2, 0.25) is 0 Å². The van der Waals surface area contributed by atoms with Gasteiger partial charge in [-0.3, -0.25) is 4.98 Å². The Balaban J connectivity index is 2.33. The minimum Gasteiger partial charge on any atom is -0.495 e. The molecule has 3 heteroatoms. The molecule has 2 atom stereocenters. The van der Waals surface area contributed by atoms with Crippen molar-refractivity contribution in [2.45, 2.75) is 44.6 Å².